The second-order valence-corrected chi connectivity index (χ2v) is 3.79. The van der Waals surface area contributed by atoms with Gasteiger partial charge in [0.25, 0.3) is 0 Å². The molecule has 0 amide bonds. The van der Waals surface area contributed by atoms with E-state index >= 15 is 0 Å². The quantitative estimate of drug-likeness (QED) is 0.751. The van der Waals surface area contributed by atoms with Crippen LogP contribution in [0.15, 0.2) is 36.4 Å². The van der Waals surface area contributed by atoms with Crippen molar-refractivity contribution in [3.05, 3.63) is 53.1 Å². The summed E-state index contributed by atoms with van der Waals surface area (Å²) in [4.78, 5) is 0. The lowest BCUT2D eigenvalue weighted by atomic mass is 10.0. The third kappa shape index (κ3) is 1.99. The average molecular weight is 240 g/mol. The number of benzene rings is 2. The van der Waals surface area contributed by atoms with Gasteiger partial charge in [-0.15, -0.1) is 0 Å². The highest BCUT2D eigenvalue weighted by molar-refractivity contribution is 6.30. The van der Waals surface area contributed by atoms with Crippen LogP contribution in [0.2, 0.25) is 5.02 Å². The molecule has 0 bridgehead atoms. The zero-order chi connectivity index (χ0) is 11.7. The van der Waals surface area contributed by atoms with Gasteiger partial charge in [0.1, 0.15) is 11.6 Å². The Morgan fingerprint density at radius 2 is 1.62 bits per heavy atom. The molecule has 0 aliphatic heterocycles. The summed E-state index contributed by atoms with van der Waals surface area (Å²) in [6.07, 6.45) is 0. The molecule has 4 heteroatoms. The molecule has 2 N–H and O–H groups in total. The minimum absolute atomic E-state index is 0.196. The second-order valence-electron chi connectivity index (χ2n) is 3.36. The number of nitrogens with two attached hydrogens (primary N) is 1. The average Bonchev–Trinajstić information content (AvgIpc) is 2.19. The van der Waals surface area contributed by atoms with E-state index in [-0.39, 0.29) is 5.69 Å². The van der Waals surface area contributed by atoms with E-state index in [2.05, 4.69) is 0 Å². The number of hydrogen-bond donors (Lipinski definition) is 1. The first-order valence-corrected chi connectivity index (χ1v) is 4.96. The molecule has 2 rings (SSSR count). The summed E-state index contributed by atoms with van der Waals surface area (Å²) < 4.78 is 26.4. The Kier molecular flexibility index (Phi) is 2.79. The van der Waals surface area contributed by atoms with E-state index in [0.29, 0.717) is 16.1 Å². The lowest BCUT2D eigenvalue weighted by Crippen LogP contribution is -1.93. The van der Waals surface area contributed by atoms with Crippen LogP contribution in [0.5, 0.6) is 0 Å². The van der Waals surface area contributed by atoms with Crippen molar-refractivity contribution in [3.63, 3.8) is 0 Å². The van der Waals surface area contributed by atoms with Gasteiger partial charge in [0.05, 0.1) is 0 Å². The van der Waals surface area contributed by atoms with Crippen LogP contribution >= 0.6 is 11.6 Å². The summed E-state index contributed by atoms with van der Waals surface area (Å²) >= 11 is 5.64. The molecule has 2 aromatic rings. The van der Waals surface area contributed by atoms with Gasteiger partial charge in [-0.3, -0.25) is 0 Å². The van der Waals surface area contributed by atoms with Crippen LogP contribution in [-0.4, -0.2) is 0 Å². The summed E-state index contributed by atoms with van der Waals surface area (Å²) in [7, 11) is 0. The maximum Gasteiger partial charge on any atom is 0.132 e. The van der Waals surface area contributed by atoms with Gasteiger partial charge in [-0.25, -0.2) is 8.78 Å². The van der Waals surface area contributed by atoms with Crippen molar-refractivity contribution in [1.29, 1.82) is 0 Å². The van der Waals surface area contributed by atoms with Gasteiger partial charge < -0.3 is 5.73 Å². The van der Waals surface area contributed by atoms with Crippen LogP contribution in [0.3, 0.4) is 0 Å². The van der Waals surface area contributed by atoms with Gasteiger partial charge in [-0.2, -0.15) is 0 Å². The highest BCUT2D eigenvalue weighted by Crippen LogP contribution is 2.30. The fourth-order valence-corrected chi connectivity index (χ4v) is 1.65. The Morgan fingerprint density at radius 3 is 2.25 bits per heavy atom. The molecule has 0 saturated carbocycles. The van der Waals surface area contributed by atoms with E-state index in [4.69, 9.17) is 17.3 Å². The standard InChI is InChI=1S/C12H8ClF2N/c13-7-1-3-9(11(15)5-7)10-4-2-8(14)6-12(10)16/h1-6H,16H2. The monoisotopic (exact) mass is 239 g/mol. The molecule has 0 aromatic heterocycles. The zero-order valence-corrected chi connectivity index (χ0v) is 8.93. The lowest BCUT2D eigenvalue weighted by molar-refractivity contribution is 0.626. The zero-order valence-electron chi connectivity index (χ0n) is 8.18. The molecule has 16 heavy (non-hydrogen) atoms. The van der Waals surface area contributed by atoms with Crippen LogP contribution in [0.25, 0.3) is 11.1 Å². The number of nitrogen functional groups attached to an aromatic ring is 1. The summed E-state index contributed by atoms with van der Waals surface area (Å²) in [5, 5.41) is 0.307. The van der Waals surface area contributed by atoms with Crippen molar-refractivity contribution in [1.82, 2.24) is 0 Å². The molecule has 0 aliphatic rings. The SMILES string of the molecule is Nc1cc(F)ccc1-c1ccc(Cl)cc1F. The summed E-state index contributed by atoms with van der Waals surface area (Å²) in [6.45, 7) is 0. The van der Waals surface area contributed by atoms with Gasteiger partial charge in [-0.05, 0) is 36.4 Å². The molecule has 0 aliphatic carbocycles. The van der Waals surface area contributed by atoms with E-state index in [1.54, 1.807) is 6.07 Å². The molecule has 0 heterocycles. The number of hydrogen-bond acceptors (Lipinski definition) is 1. The highest BCUT2D eigenvalue weighted by atomic mass is 35.5. The Bertz CT molecular complexity index is 491. The Hall–Kier alpha value is -1.61. The molecule has 0 atom stereocenters. The van der Waals surface area contributed by atoms with Gasteiger partial charge in [0.2, 0.25) is 0 Å². The summed E-state index contributed by atoms with van der Waals surface area (Å²) in [6, 6.07) is 8.10. The molecule has 82 valence electrons. The van der Waals surface area contributed by atoms with E-state index in [1.165, 1.54) is 24.3 Å². The topological polar surface area (TPSA) is 26.0 Å². The van der Waals surface area contributed by atoms with E-state index in [9.17, 15) is 8.78 Å². The molecule has 0 saturated heterocycles. The predicted molar refractivity (Wildman–Crippen MR) is 61.2 cm³/mol. The minimum Gasteiger partial charge on any atom is -0.398 e. The Labute approximate surface area is 96.5 Å². The van der Waals surface area contributed by atoms with Crippen LogP contribution in [0.4, 0.5) is 14.5 Å². The molecule has 1 nitrogen and oxygen atoms in total. The van der Waals surface area contributed by atoms with Crippen molar-refractivity contribution < 1.29 is 8.78 Å². The van der Waals surface area contributed by atoms with Crippen molar-refractivity contribution in [2.24, 2.45) is 0 Å². The second kappa shape index (κ2) is 4.10. The molecular formula is C12H8ClF2N. The smallest absolute Gasteiger partial charge is 0.132 e. The first-order chi connectivity index (χ1) is 7.58. The molecule has 0 radical (unpaired) electrons. The fraction of sp³-hybridized carbons (Fsp3) is 0. The summed E-state index contributed by atoms with van der Waals surface area (Å²) in [5.41, 5.74) is 6.58. The van der Waals surface area contributed by atoms with Gasteiger partial charge in [-0.1, -0.05) is 11.6 Å². The molecule has 0 fully saturated rings. The predicted octanol–water partition coefficient (Wildman–Crippen LogP) is 3.87. The molecule has 0 spiro atoms. The normalized spacial score (nSPS) is 10.4. The van der Waals surface area contributed by atoms with Crippen LogP contribution < -0.4 is 5.73 Å². The van der Waals surface area contributed by atoms with Gasteiger partial charge >= 0.3 is 0 Å². The largest absolute Gasteiger partial charge is 0.398 e. The molecule has 2 aromatic carbocycles. The number of anilines is 1. The minimum atomic E-state index is -0.481. The van der Waals surface area contributed by atoms with Crippen molar-refractivity contribution >= 4 is 17.3 Å². The molecule has 0 unspecified atom stereocenters. The Balaban J connectivity index is 2.59. The third-order valence-electron chi connectivity index (χ3n) is 2.23. The van der Waals surface area contributed by atoms with E-state index < -0.39 is 11.6 Å². The molecular weight excluding hydrogens is 232 g/mol. The number of halogens is 3. The van der Waals surface area contributed by atoms with Crippen LogP contribution in [0.1, 0.15) is 0 Å². The maximum absolute atomic E-state index is 13.6. The fourth-order valence-electron chi connectivity index (χ4n) is 1.49. The van der Waals surface area contributed by atoms with Gasteiger partial charge in [0.15, 0.2) is 0 Å². The highest BCUT2D eigenvalue weighted by Gasteiger charge is 2.09. The van der Waals surface area contributed by atoms with Crippen LogP contribution in [0, 0.1) is 11.6 Å². The van der Waals surface area contributed by atoms with Crippen molar-refractivity contribution in [3.8, 4) is 11.1 Å². The van der Waals surface area contributed by atoms with Gasteiger partial charge in [0, 0.05) is 21.8 Å². The third-order valence-corrected chi connectivity index (χ3v) is 2.47. The van der Waals surface area contributed by atoms with Crippen molar-refractivity contribution in [2.45, 2.75) is 0 Å². The Morgan fingerprint density at radius 1 is 0.938 bits per heavy atom. The maximum atomic E-state index is 13.6. The lowest BCUT2D eigenvalue weighted by Gasteiger charge is -2.07. The number of rotatable bonds is 1. The summed E-state index contributed by atoms with van der Waals surface area (Å²) in [5.74, 6) is -0.929. The first-order valence-electron chi connectivity index (χ1n) is 4.58. The first kappa shape index (κ1) is 10.9. The van der Waals surface area contributed by atoms with Crippen molar-refractivity contribution in [2.75, 3.05) is 5.73 Å². The van der Waals surface area contributed by atoms with E-state index in [0.717, 1.165) is 6.07 Å². The van der Waals surface area contributed by atoms with Crippen LogP contribution in [-0.2, 0) is 0 Å². The van der Waals surface area contributed by atoms with E-state index in [1.807, 2.05) is 0 Å².